The highest BCUT2D eigenvalue weighted by atomic mass is 35.5. The number of nitrogen functional groups attached to an aromatic ring is 1. The molecular weight excluding hydrogens is 266 g/mol. The second-order valence-corrected chi connectivity index (χ2v) is 4.12. The standard InChI is InChI=1S/C13H10ClN3O2/c14-11-7-8(5-6-16-11)12(18)17-13(19)9-3-1-2-4-10(9)15/h1-7H,15H2,(H,17,18,19). The molecule has 1 heterocycles. The molecule has 1 aromatic carbocycles. The van der Waals surface area contributed by atoms with Crippen molar-refractivity contribution in [1.82, 2.24) is 10.3 Å². The highest BCUT2D eigenvalue weighted by molar-refractivity contribution is 6.29. The third kappa shape index (κ3) is 3.08. The van der Waals surface area contributed by atoms with Gasteiger partial charge in [0.05, 0.1) is 5.56 Å². The molecule has 0 saturated heterocycles. The van der Waals surface area contributed by atoms with Gasteiger partial charge in [-0.05, 0) is 24.3 Å². The molecule has 0 bridgehead atoms. The number of nitrogens with two attached hydrogens (primary N) is 1. The largest absolute Gasteiger partial charge is 0.398 e. The molecule has 0 spiro atoms. The number of carbonyl (C=O) groups excluding carboxylic acids is 2. The predicted octanol–water partition coefficient (Wildman–Crippen LogP) is 1.89. The number of anilines is 1. The van der Waals surface area contributed by atoms with E-state index in [0.29, 0.717) is 5.69 Å². The number of nitrogens with one attached hydrogen (secondary N) is 1. The molecule has 0 aliphatic heterocycles. The van der Waals surface area contributed by atoms with E-state index in [1.54, 1.807) is 18.2 Å². The van der Waals surface area contributed by atoms with Crippen molar-refractivity contribution in [3.63, 3.8) is 0 Å². The van der Waals surface area contributed by atoms with Crippen LogP contribution in [0.2, 0.25) is 5.15 Å². The molecule has 0 fully saturated rings. The lowest BCUT2D eigenvalue weighted by atomic mass is 10.1. The van der Waals surface area contributed by atoms with Crippen LogP contribution in [0.3, 0.4) is 0 Å². The SMILES string of the molecule is Nc1ccccc1C(=O)NC(=O)c1ccnc(Cl)c1. The maximum atomic E-state index is 11.9. The second-order valence-electron chi connectivity index (χ2n) is 3.74. The number of imide groups is 1. The van der Waals surface area contributed by atoms with Crippen molar-refractivity contribution in [2.24, 2.45) is 0 Å². The van der Waals surface area contributed by atoms with E-state index in [2.05, 4.69) is 10.3 Å². The summed E-state index contributed by atoms with van der Waals surface area (Å²) in [5.41, 5.74) is 6.46. The quantitative estimate of drug-likeness (QED) is 0.498. The Morgan fingerprint density at radius 2 is 1.89 bits per heavy atom. The third-order valence-corrected chi connectivity index (χ3v) is 2.63. The smallest absolute Gasteiger partial charge is 0.260 e. The summed E-state index contributed by atoms with van der Waals surface area (Å²) in [4.78, 5) is 27.5. The van der Waals surface area contributed by atoms with Crippen LogP contribution in [0.4, 0.5) is 5.69 Å². The average molecular weight is 276 g/mol. The van der Waals surface area contributed by atoms with Gasteiger partial charge in [-0.25, -0.2) is 4.98 Å². The molecule has 5 nitrogen and oxygen atoms in total. The van der Waals surface area contributed by atoms with Gasteiger partial charge in [-0.1, -0.05) is 23.7 Å². The van der Waals surface area contributed by atoms with Gasteiger partial charge in [0.15, 0.2) is 0 Å². The zero-order valence-electron chi connectivity index (χ0n) is 9.76. The van der Waals surface area contributed by atoms with Crippen LogP contribution in [-0.4, -0.2) is 16.8 Å². The Labute approximate surface area is 114 Å². The Morgan fingerprint density at radius 1 is 1.16 bits per heavy atom. The van der Waals surface area contributed by atoms with Gasteiger partial charge in [0.2, 0.25) is 0 Å². The first-order valence-electron chi connectivity index (χ1n) is 5.39. The number of carbonyl (C=O) groups is 2. The average Bonchev–Trinajstić information content (AvgIpc) is 2.39. The Balaban J connectivity index is 2.16. The molecule has 96 valence electrons. The van der Waals surface area contributed by atoms with Gasteiger partial charge in [0.1, 0.15) is 5.15 Å². The molecule has 1 aromatic heterocycles. The second kappa shape index (κ2) is 5.49. The number of hydrogen-bond acceptors (Lipinski definition) is 4. The molecular formula is C13H10ClN3O2. The van der Waals surface area contributed by atoms with Gasteiger partial charge in [-0.2, -0.15) is 0 Å². The highest BCUT2D eigenvalue weighted by Crippen LogP contribution is 2.11. The monoisotopic (exact) mass is 275 g/mol. The van der Waals surface area contributed by atoms with Gasteiger partial charge >= 0.3 is 0 Å². The zero-order chi connectivity index (χ0) is 13.8. The van der Waals surface area contributed by atoms with Crippen LogP contribution >= 0.6 is 11.6 Å². The normalized spacial score (nSPS) is 9.95. The van der Waals surface area contributed by atoms with E-state index in [0.717, 1.165) is 0 Å². The minimum absolute atomic E-state index is 0.180. The van der Waals surface area contributed by atoms with Crippen molar-refractivity contribution in [1.29, 1.82) is 0 Å². The number of hydrogen-bond donors (Lipinski definition) is 2. The first-order valence-corrected chi connectivity index (χ1v) is 5.77. The lowest BCUT2D eigenvalue weighted by Crippen LogP contribution is -2.31. The molecule has 0 aliphatic carbocycles. The van der Waals surface area contributed by atoms with Gasteiger partial charge in [-0.3, -0.25) is 14.9 Å². The summed E-state index contributed by atoms with van der Waals surface area (Å²) in [5, 5.41) is 2.42. The molecule has 2 aromatic rings. The summed E-state index contributed by atoms with van der Waals surface area (Å²) in [5.74, 6) is -1.12. The third-order valence-electron chi connectivity index (χ3n) is 2.42. The summed E-state index contributed by atoms with van der Waals surface area (Å²) in [6.07, 6.45) is 1.39. The number of rotatable bonds is 2. The first kappa shape index (κ1) is 13.0. The Kier molecular flexibility index (Phi) is 3.77. The topological polar surface area (TPSA) is 85.1 Å². The summed E-state index contributed by atoms with van der Waals surface area (Å²) < 4.78 is 0. The number of nitrogens with zero attached hydrogens (tertiary/aromatic N) is 1. The van der Waals surface area contributed by atoms with Gasteiger partial charge in [-0.15, -0.1) is 0 Å². The fraction of sp³-hybridized carbons (Fsp3) is 0. The van der Waals surface area contributed by atoms with Crippen LogP contribution in [-0.2, 0) is 0 Å². The van der Waals surface area contributed by atoms with Crippen molar-refractivity contribution in [3.05, 3.63) is 58.9 Å². The van der Waals surface area contributed by atoms with Gasteiger partial charge in [0.25, 0.3) is 11.8 Å². The fourth-order valence-electron chi connectivity index (χ4n) is 1.49. The summed E-state index contributed by atoms with van der Waals surface area (Å²) in [6, 6.07) is 9.33. The lowest BCUT2D eigenvalue weighted by Gasteiger charge is -2.06. The Morgan fingerprint density at radius 3 is 2.58 bits per heavy atom. The maximum absolute atomic E-state index is 11.9. The van der Waals surface area contributed by atoms with E-state index in [-0.39, 0.29) is 16.3 Å². The summed E-state index contributed by atoms with van der Waals surface area (Å²) >= 11 is 5.67. The minimum Gasteiger partial charge on any atom is -0.398 e. The maximum Gasteiger partial charge on any atom is 0.260 e. The minimum atomic E-state index is -0.559. The van der Waals surface area contributed by atoms with Crippen LogP contribution in [0, 0.1) is 0 Å². The zero-order valence-corrected chi connectivity index (χ0v) is 10.5. The Hall–Kier alpha value is -2.40. The number of amides is 2. The van der Waals surface area contributed by atoms with Crippen LogP contribution < -0.4 is 11.1 Å². The number of halogens is 1. The first-order chi connectivity index (χ1) is 9.08. The Bertz CT molecular complexity index is 643. The number of aromatic nitrogens is 1. The molecule has 3 N–H and O–H groups in total. The van der Waals surface area contributed by atoms with E-state index in [1.807, 2.05) is 0 Å². The van der Waals surface area contributed by atoms with Crippen LogP contribution in [0.15, 0.2) is 42.6 Å². The molecule has 6 heteroatoms. The molecule has 0 saturated carbocycles. The molecule has 2 amide bonds. The molecule has 0 unspecified atom stereocenters. The van der Waals surface area contributed by atoms with Crippen molar-refractivity contribution in [2.75, 3.05) is 5.73 Å². The van der Waals surface area contributed by atoms with Gasteiger partial charge in [0, 0.05) is 17.4 Å². The number of benzene rings is 1. The van der Waals surface area contributed by atoms with Crippen molar-refractivity contribution < 1.29 is 9.59 Å². The molecule has 0 atom stereocenters. The van der Waals surface area contributed by atoms with Crippen LogP contribution in [0.1, 0.15) is 20.7 Å². The van der Waals surface area contributed by atoms with E-state index < -0.39 is 11.8 Å². The molecule has 0 aliphatic rings. The van der Waals surface area contributed by atoms with Crippen molar-refractivity contribution >= 4 is 29.1 Å². The predicted molar refractivity (Wildman–Crippen MR) is 71.9 cm³/mol. The van der Waals surface area contributed by atoms with Crippen LogP contribution in [0.25, 0.3) is 0 Å². The molecule has 0 radical (unpaired) electrons. The molecule has 19 heavy (non-hydrogen) atoms. The van der Waals surface area contributed by atoms with E-state index in [1.165, 1.54) is 24.4 Å². The van der Waals surface area contributed by atoms with E-state index in [9.17, 15) is 9.59 Å². The van der Waals surface area contributed by atoms with Crippen molar-refractivity contribution in [2.45, 2.75) is 0 Å². The van der Waals surface area contributed by atoms with Gasteiger partial charge < -0.3 is 5.73 Å². The van der Waals surface area contributed by atoms with Crippen LogP contribution in [0.5, 0.6) is 0 Å². The lowest BCUT2D eigenvalue weighted by molar-refractivity contribution is 0.0850. The van der Waals surface area contributed by atoms with E-state index >= 15 is 0 Å². The summed E-state index contributed by atoms with van der Waals surface area (Å²) in [7, 11) is 0. The number of para-hydroxylation sites is 1. The molecule has 2 rings (SSSR count). The summed E-state index contributed by atoms with van der Waals surface area (Å²) in [6.45, 7) is 0. The number of pyridine rings is 1. The fourth-order valence-corrected chi connectivity index (χ4v) is 1.66. The highest BCUT2D eigenvalue weighted by Gasteiger charge is 2.14. The van der Waals surface area contributed by atoms with Crippen molar-refractivity contribution in [3.8, 4) is 0 Å². The van der Waals surface area contributed by atoms with E-state index in [4.69, 9.17) is 17.3 Å².